The van der Waals surface area contributed by atoms with E-state index in [1.54, 1.807) is 27.7 Å². The molecule has 1 aliphatic rings. The second kappa shape index (κ2) is 3.43. The first-order chi connectivity index (χ1) is 6.60. The van der Waals surface area contributed by atoms with Crippen LogP contribution in [0.15, 0.2) is 0 Å². The minimum Gasteiger partial charge on any atom is -0.481 e. The van der Waals surface area contributed by atoms with Crippen LogP contribution in [0, 0.1) is 11.3 Å². The standard InChI is InChI=1S/C10H19N2O3/c1-9(2)5-12(15)10(3,4)7(11)6(9)8(13)14/h6-7H,5,11H2,1-4H3,(H,13,14). The van der Waals surface area contributed by atoms with Crippen molar-refractivity contribution < 1.29 is 15.1 Å². The Morgan fingerprint density at radius 2 is 1.87 bits per heavy atom. The van der Waals surface area contributed by atoms with Crippen LogP contribution < -0.4 is 5.73 Å². The van der Waals surface area contributed by atoms with E-state index in [0.717, 1.165) is 5.06 Å². The number of nitrogens with two attached hydrogens (primary N) is 1. The van der Waals surface area contributed by atoms with Gasteiger partial charge < -0.3 is 10.8 Å². The normalized spacial score (nSPS) is 35.1. The molecule has 5 nitrogen and oxygen atoms in total. The van der Waals surface area contributed by atoms with Crippen molar-refractivity contribution in [1.29, 1.82) is 0 Å². The molecule has 1 aliphatic heterocycles. The molecule has 87 valence electrons. The van der Waals surface area contributed by atoms with E-state index in [9.17, 15) is 10.0 Å². The third-order valence-corrected chi connectivity index (χ3v) is 3.48. The maximum Gasteiger partial charge on any atom is 0.308 e. The third kappa shape index (κ3) is 1.87. The van der Waals surface area contributed by atoms with E-state index in [4.69, 9.17) is 10.8 Å². The van der Waals surface area contributed by atoms with Gasteiger partial charge in [0, 0.05) is 12.6 Å². The Labute approximate surface area is 89.8 Å². The Kier molecular flexibility index (Phi) is 2.84. The van der Waals surface area contributed by atoms with Crippen LogP contribution in [0.2, 0.25) is 0 Å². The lowest BCUT2D eigenvalue weighted by molar-refractivity contribution is -0.266. The number of aliphatic carboxylic acids is 1. The molecule has 1 saturated heterocycles. The zero-order chi connectivity index (χ0) is 12.0. The van der Waals surface area contributed by atoms with Gasteiger partial charge in [0.05, 0.1) is 11.5 Å². The summed E-state index contributed by atoms with van der Waals surface area (Å²) < 4.78 is 0. The van der Waals surface area contributed by atoms with Crippen molar-refractivity contribution in [2.45, 2.75) is 39.3 Å². The molecule has 2 atom stereocenters. The van der Waals surface area contributed by atoms with Crippen LogP contribution in [0.3, 0.4) is 0 Å². The summed E-state index contributed by atoms with van der Waals surface area (Å²) >= 11 is 0. The van der Waals surface area contributed by atoms with E-state index in [1.165, 1.54) is 0 Å². The Morgan fingerprint density at radius 1 is 1.40 bits per heavy atom. The first kappa shape index (κ1) is 12.4. The second-order valence-electron chi connectivity index (χ2n) is 5.52. The van der Waals surface area contributed by atoms with Gasteiger partial charge in [-0.05, 0) is 19.3 Å². The fourth-order valence-corrected chi connectivity index (χ4v) is 2.22. The number of rotatable bonds is 1. The number of hydrogen-bond donors (Lipinski definition) is 2. The monoisotopic (exact) mass is 215 g/mol. The van der Waals surface area contributed by atoms with E-state index in [0.29, 0.717) is 0 Å². The van der Waals surface area contributed by atoms with Gasteiger partial charge in [-0.3, -0.25) is 4.79 Å². The lowest BCUT2D eigenvalue weighted by Gasteiger charge is -2.51. The predicted octanol–water partition coefficient (Wildman–Crippen LogP) is 0.480. The first-order valence-corrected chi connectivity index (χ1v) is 5.04. The number of carboxylic acid groups (broad SMARTS) is 1. The quantitative estimate of drug-likeness (QED) is 0.666. The van der Waals surface area contributed by atoms with Gasteiger partial charge >= 0.3 is 5.97 Å². The molecular formula is C10H19N2O3. The average Bonchev–Trinajstić information content (AvgIpc) is 1.99. The molecule has 0 aromatic rings. The third-order valence-electron chi connectivity index (χ3n) is 3.48. The molecule has 0 saturated carbocycles. The second-order valence-corrected chi connectivity index (χ2v) is 5.52. The fraction of sp³-hybridized carbons (Fsp3) is 0.900. The predicted molar refractivity (Wildman–Crippen MR) is 54.4 cm³/mol. The van der Waals surface area contributed by atoms with E-state index in [2.05, 4.69) is 0 Å². The molecule has 0 aromatic heterocycles. The fourth-order valence-electron chi connectivity index (χ4n) is 2.22. The van der Waals surface area contributed by atoms with E-state index < -0.39 is 28.9 Å². The molecule has 3 N–H and O–H groups in total. The smallest absolute Gasteiger partial charge is 0.308 e. The molecule has 15 heavy (non-hydrogen) atoms. The Hall–Kier alpha value is -0.650. The summed E-state index contributed by atoms with van der Waals surface area (Å²) in [6.07, 6.45) is 0. The summed E-state index contributed by atoms with van der Waals surface area (Å²) in [7, 11) is 0. The summed E-state index contributed by atoms with van der Waals surface area (Å²) in [5.74, 6) is -1.61. The lowest BCUT2D eigenvalue weighted by atomic mass is 9.66. The van der Waals surface area contributed by atoms with E-state index >= 15 is 0 Å². The van der Waals surface area contributed by atoms with Crippen LogP contribution >= 0.6 is 0 Å². The number of carbonyl (C=O) groups is 1. The average molecular weight is 215 g/mol. The molecule has 0 aromatic carbocycles. The Balaban J connectivity index is 3.09. The van der Waals surface area contributed by atoms with Crippen molar-refractivity contribution in [3.8, 4) is 0 Å². The highest BCUT2D eigenvalue weighted by atomic mass is 16.5. The summed E-state index contributed by atoms with van der Waals surface area (Å²) in [5, 5.41) is 21.8. The lowest BCUT2D eigenvalue weighted by Crippen LogP contribution is -2.68. The van der Waals surface area contributed by atoms with Crippen LogP contribution in [0.4, 0.5) is 0 Å². The van der Waals surface area contributed by atoms with Gasteiger partial charge in [-0.15, -0.1) is 10.3 Å². The van der Waals surface area contributed by atoms with Gasteiger partial charge in [0.25, 0.3) is 0 Å². The van der Waals surface area contributed by atoms with Crippen molar-refractivity contribution in [3.63, 3.8) is 0 Å². The Morgan fingerprint density at radius 3 is 2.27 bits per heavy atom. The minimum absolute atomic E-state index is 0.199. The SMILES string of the molecule is CC1(C)CN([O])C(C)(C)C(N)C1C(=O)O. The van der Waals surface area contributed by atoms with Gasteiger partial charge in [-0.2, -0.15) is 0 Å². The number of hydroxylamine groups is 2. The molecular weight excluding hydrogens is 196 g/mol. The summed E-state index contributed by atoms with van der Waals surface area (Å²) in [6, 6.07) is -0.656. The van der Waals surface area contributed by atoms with Crippen LogP contribution in [0.25, 0.3) is 0 Å². The number of piperidine rings is 1. The molecule has 1 radical (unpaired) electrons. The van der Waals surface area contributed by atoms with Crippen LogP contribution in [0.1, 0.15) is 27.7 Å². The molecule has 1 heterocycles. The maximum absolute atomic E-state index is 11.8. The molecule has 1 fully saturated rings. The minimum atomic E-state index is -0.923. The highest BCUT2D eigenvalue weighted by molar-refractivity contribution is 5.72. The number of carboxylic acids is 1. The van der Waals surface area contributed by atoms with Gasteiger partial charge in [0.2, 0.25) is 0 Å². The molecule has 0 aliphatic carbocycles. The van der Waals surface area contributed by atoms with E-state index in [-0.39, 0.29) is 6.54 Å². The van der Waals surface area contributed by atoms with Crippen LogP contribution in [-0.4, -0.2) is 34.3 Å². The van der Waals surface area contributed by atoms with Crippen molar-refractivity contribution >= 4 is 5.97 Å². The molecule has 2 unspecified atom stereocenters. The Bertz CT molecular complexity index is 276. The van der Waals surface area contributed by atoms with Gasteiger partial charge in [0.15, 0.2) is 0 Å². The summed E-state index contributed by atoms with van der Waals surface area (Å²) in [6.45, 7) is 7.12. The van der Waals surface area contributed by atoms with Crippen molar-refractivity contribution in [1.82, 2.24) is 5.06 Å². The molecule has 5 heteroatoms. The molecule has 0 spiro atoms. The van der Waals surface area contributed by atoms with Crippen LogP contribution in [0.5, 0.6) is 0 Å². The highest BCUT2D eigenvalue weighted by Crippen LogP contribution is 2.40. The van der Waals surface area contributed by atoms with Crippen molar-refractivity contribution in [2.75, 3.05) is 6.54 Å². The maximum atomic E-state index is 11.8. The zero-order valence-corrected chi connectivity index (χ0v) is 9.65. The van der Waals surface area contributed by atoms with Gasteiger partial charge in [0.1, 0.15) is 0 Å². The molecule has 0 amide bonds. The molecule has 0 bridgehead atoms. The summed E-state index contributed by atoms with van der Waals surface area (Å²) in [4.78, 5) is 11.2. The number of hydrogen-bond acceptors (Lipinski definition) is 3. The first-order valence-electron chi connectivity index (χ1n) is 5.04. The van der Waals surface area contributed by atoms with Crippen molar-refractivity contribution in [2.24, 2.45) is 17.1 Å². The largest absolute Gasteiger partial charge is 0.481 e. The number of nitrogens with zero attached hydrogens (tertiary/aromatic N) is 1. The van der Waals surface area contributed by atoms with Gasteiger partial charge in [-0.1, -0.05) is 13.8 Å². The molecule has 1 rings (SSSR count). The highest BCUT2D eigenvalue weighted by Gasteiger charge is 2.54. The topological polar surface area (TPSA) is 86.5 Å². The van der Waals surface area contributed by atoms with Gasteiger partial charge in [-0.25, -0.2) is 0 Å². The zero-order valence-electron chi connectivity index (χ0n) is 9.65. The van der Waals surface area contributed by atoms with Crippen LogP contribution in [-0.2, 0) is 10.0 Å². The van der Waals surface area contributed by atoms with Crippen molar-refractivity contribution in [3.05, 3.63) is 0 Å². The van der Waals surface area contributed by atoms with E-state index in [1.807, 2.05) is 0 Å². The summed E-state index contributed by atoms with van der Waals surface area (Å²) in [5.41, 5.74) is 4.49.